The number of nitrogen functional groups attached to an aromatic ring is 1. The number of rotatable bonds is 2. The summed E-state index contributed by atoms with van der Waals surface area (Å²) in [5.74, 6) is 0. The summed E-state index contributed by atoms with van der Waals surface area (Å²) in [6.07, 6.45) is 3.85. The number of nitrogens with two attached hydrogens (primary N) is 1. The van der Waals surface area contributed by atoms with Gasteiger partial charge in [-0.2, -0.15) is 0 Å². The topological polar surface area (TPSA) is 38.9 Å². The number of aromatic nitrogens is 1. The van der Waals surface area contributed by atoms with Crippen molar-refractivity contribution in [2.45, 2.75) is 19.8 Å². The maximum absolute atomic E-state index is 5.66. The monoisotopic (exact) mass is 214 g/mol. The third kappa shape index (κ3) is 2.19. The lowest BCUT2D eigenvalue weighted by Gasteiger charge is -2.00. The van der Waals surface area contributed by atoms with Gasteiger partial charge in [0.1, 0.15) is 0 Å². The van der Waals surface area contributed by atoms with Gasteiger partial charge in [0.2, 0.25) is 0 Å². The van der Waals surface area contributed by atoms with Gasteiger partial charge >= 0.3 is 0 Å². The predicted molar refractivity (Wildman–Crippen MR) is 50.3 cm³/mol. The molecule has 0 aliphatic carbocycles. The number of nitrogens with zero attached hydrogens (tertiary/aromatic N) is 1. The molecule has 0 aromatic carbocycles. The van der Waals surface area contributed by atoms with Crippen LogP contribution < -0.4 is 5.73 Å². The Balaban J connectivity index is 2.86. The van der Waals surface area contributed by atoms with Crippen LogP contribution in [0.1, 0.15) is 19.0 Å². The van der Waals surface area contributed by atoms with Crippen molar-refractivity contribution >= 4 is 21.6 Å². The minimum absolute atomic E-state index is 0.767. The number of hydrogen-bond donors (Lipinski definition) is 1. The Kier molecular flexibility index (Phi) is 2.88. The molecule has 0 amide bonds. The summed E-state index contributed by atoms with van der Waals surface area (Å²) >= 11 is 3.29. The molecule has 1 heterocycles. The van der Waals surface area contributed by atoms with Crippen molar-refractivity contribution in [3.05, 3.63) is 22.4 Å². The summed E-state index contributed by atoms with van der Waals surface area (Å²) in [5, 5.41) is 0. The number of aryl methyl sites for hydroxylation is 1. The van der Waals surface area contributed by atoms with Gasteiger partial charge in [-0.05, 0) is 28.4 Å². The Labute approximate surface area is 75.0 Å². The molecule has 11 heavy (non-hydrogen) atoms. The lowest BCUT2D eigenvalue weighted by Crippen LogP contribution is -1.93. The van der Waals surface area contributed by atoms with Gasteiger partial charge in [0, 0.05) is 17.6 Å². The summed E-state index contributed by atoms with van der Waals surface area (Å²) in [4.78, 5) is 4.20. The normalized spacial score (nSPS) is 10.0. The van der Waals surface area contributed by atoms with E-state index in [4.69, 9.17) is 5.73 Å². The first-order valence-electron chi connectivity index (χ1n) is 3.64. The molecule has 0 bridgehead atoms. The number of anilines is 1. The highest BCUT2D eigenvalue weighted by atomic mass is 79.9. The third-order valence-electron chi connectivity index (χ3n) is 1.45. The van der Waals surface area contributed by atoms with Crippen molar-refractivity contribution in [3.8, 4) is 0 Å². The van der Waals surface area contributed by atoms with Crippen LogP contribution in [0.2, 0.25) is 0 Å². The number of hydrogen-bond acceptors (Lipinski definition) is 2. The molecule has 0 unspecified atom stereocenters. The van der Waals surface area contributed by atoms with Crippen molar-refractivity contribution in [2.75, 3.05) is 5.73 Å². The van der Waals surface area contributed by atoms with Crippen LogP contribution >= 0.6 is 15.9 Å². The Morgan fingerprint density at radius 2 is 2.36 bits per heavy atom. The molecule has 0 radical (unpaired) electrons. The zero-order valence-electron chi connectivity index (χ0n) is 6.47. The van der Waals surface area contributed by atoms with E-state index in [2.05, 4.69) is 27.8 Å². The van der Waals surface area contributed by atoms with Crippen LogP contribution in [-0.2, 0) is 6.42 Å². The average Bonchev–Trinajstić information content (AvgIpc) is 1.98. The fraction of sp³-hybridized carbons (Fsp3) is 0.375. The Morgan fingerprint density at radius 3 is 2.91 bits per heavy atom. The lowest BCUT2D eigenvalue weighted by molar-refractivity contribution is 0.882. The van der Waals surface area contributed by atoms with Crippen LogP contribution in [0.25, 0.3) is 0 Å². The summed E-state index contributed by atoms with van der Waals surface area (Å²) in [6.45, 7) is 2.12. The molecule has 0 saturated carbocycles. The van der Waals surface area contributed by atoms with Crippen LogP contribution in [0.15, 0.2) is 16.7 Å². The first kappa shape index (κ1) is 8.53. The second-order valence-electron chi connectivity index (χ2n) is 2.45. The molecule has 0 saturated heterocycles. The molecule has 60 valence electrons. The van der Waals surface area contributed by atoms with E-state index in [1.165, 1.54) is 0 Å². The highest BCUT2D eigenvalue weighted by Gasteiger charge is 1.97. The highest BCUT2D eigenvalue weighted by molar-refractivity contribution is 9.10. The van der Waals surface area contributed by atoms with Crippen LogP contribution in [-0.4, -0.2) is 4.98 Å². The maximum Gasteiger partial charge on any atom is 0.0588 e. The summed E-state index contributed by atoms with van der Waals surface area (Å²) in [6, 6.07) is 1.91. The first-order chi connectivity index (χ1) is 5.24. The summed E-state index contributed by atoms with van der Waals surface area (Å²) in [5.41, 5.74) is 7.49. The second kappa shape index (κ2) is 3.72. The molecule has 1 aromatic rings. The molecule has 0 spiro atoms. The van der Waals surface area contributed by atoms with E-state index in [1.54, 1.807) is 6.20 Å². The maximum atomic E-state index is 5.66. The van der Waals surface area contributed by atoms with Crippen molar-refractivity contribution in [1.29, 1.82) is 0 Å². The number of pyridine rings is 1. The lowest BCUT2D eigenvalue weighted by atomic mass is 10.2. The standard InChI is InChI=1S/C8H11BrN2/c1-2-3-6-4-8(10)7(9)5-11-6/h4-5H,2-3H2,1H3,(H2,10,11). The van der Waals surface area contributed by atoms with E-state index in [-0.39, 0.29) is 0 Å². The SMILES string of the molecule is CCCc1cc(N)c(Br)cn1. The van der Waals surface area contributed by atoms with E-state index in [0.29, 0.717) is 0 Å². The third-order valence-corrected chi connectivity index (χ3v) is 2.11. The Hall–Kier alpha value is -0.570. The van der Waals surface area contributed by atoms with E-state index < -0.39 is 0 Å². The van der Waals surface area contributed by atoms with Crippen molar-refractivity contribution < 1.29 is 0 Å². The highest BCUT2D eigenvalue weighted by Crippen LogP contribution is 2.18. The molecule has 0 aliphatic heterocycles. The quantitative estimate of drug-likeness (QED) is 0.822. The van der Waals surface area contributed by atoms with E-state index in [1.807, 2.05) is 6.07 Å². The molecule has 0 aliphatic rings. The summed E-state index contributed by atoms with van der Waals surface area (Å²) in [7, 11) is 0. The van der Waals surface area contributed by atoms with Crippen LogP contribution in [0, 0.1) is 0 Å². The molecule has 0 fully saturated rings. The molecule has 1 rings (SSSR count). The molecule has 0 atom stereocenters. The van der Waals surface area contributed by atoms with Gasteiger partial charge in [-0.1, -0.05) is 13.3 Å². The summed E-state index contributed by atoms with van der Waals surface area (Å²) < 4.78 is 0.873. The van der Waals surface area contributed by atoms with E-state index in [9.17, 15) is 0 Å². The van der Waals surface area contributed by atoms with Gasteiger partial charge in [-0.3, -0.25) is 4.98 Å². The number of halogens is 1. The van der Waals surface area contributed by atoms with E-state index in [0.717, 1.165) is 28.7 Å². The van der Waals surface area contributed by atoms with Gasteiger partial charge in [0.25, 0.3) is 0 Å². The molecule has 3 heteroatoms. The molecule has 2 nitrogen and oxygen atoms in total. The minimum atomic E-state index is 0.767. The van der Waals surface area contributed by atoms with Crippen LogP contribution in [0.3, 0.4) is 0 Å². The van der Waals surface area contributed by atoms with E-state index >= 15 is 0 Å². The second-order valence-corrected chi connectivity index (χ2v) is 3.30. The zero-order valence-corrected chi connectivity index (χ0v) is 8.06. The van der Waals surface area contributed by atoms with Crippen molar-refractivity contribution in [3.63, 3.8) is 0 Å². The molecular weight excluding hydrogens is 204 g/mol. The first-order valence-corrected chi connectivity index (χ1v) is 4.43. The Morgan fingerprint density at radius 1 is 1.64 bits per heavy atom. The zero-order chi connectivity index (χ0) is 8.27. The van der Waals surface area contributed by atoms with Gasteiger partial charge in [-0.25, -0.2) is 0 Å². The fourth-order valence-corrected chi connectivity index (χ4v) is 1.11. The largest absolute Gasteiger partial charge is 0.398 e. The average molecular weight is 215 g/mol. The smallest absolute Gasteiger partial charge is 0.0588 e. The van der Waals surface area contributed by atoms with Crippen LogP contribution in [0.5, 0.6) is 0 Å². The Bertz CT molecular complexity index is 248. The minimum Gasteiger partial charge on any atom is -0.398 e. The van der Waals surface area contributed by atoms with Gasteiger partial charge in [0.15, 0.2) is 0 Å². The van der Waals surface area contributed by atoms with Crippen molar-refractivity contribution in [2.24, 2.45) is 0 Å². The van der Waals surface area contributed by atoms with Gasteiger partial charge in [-0.15, -0.1) is 0 Å². The van der Waals surface area contributed by atoms with Crippen LogP contribution in [0.4, 0.5) is 5.69 Å². The molecule has 2 N–H and O–H groups in total. The molecular formula is C8H11BrN2. The fourth-order valence-electron chi connectivity index (χ4n) is 0.893. The predicted octanol–water partition coefficient (Wildman–Crippen LogP) is 2.38. The van der Waals surface area contributed by atoms with Gasteiger partial charge in [0.05, 0.1) is 4.47 Å². The van der Waals surface area contributed by atoms with Gasteiger partial charge < -0.3 is 5.73 Å². The van der Waals surface area contributed by atoms with Crippen molar-refractivity contribution in [1.82, 2.24) is 4.98 Å². The molecule has 1 aromatic heterocycles.